The maximum atomic E-state index is 12.6. The first kappa shape index (κ1) is 13.7. The van der Waals surface area contributed by atoms with E-state index in [1.54, 1.807) is 18.2 Å². The molecule has 0 saturated carbocycles. The smallest absolute Gasteiger partial charge is 0.167 e. The van der Waals surface area contributed by atoms with Crippen LogP contribution in [0, 0.1) is 5.92 Å². The third kappa shape index (κ3) is 2.48. The molecule has 0 aromatic heterocycles. The minimum absolute atomic E-state index is 0.000802. The second kappa shape index (κ2) is 5.59. The molecule has 0 saturated heterocycles. The van der Waals surface area contributed by atoms with Gasteiger partial charge in [-0.25, -0.2) is 0 Å². The number of Topliss-reactive ketones (excluding diaryl/α,β-unsaturated/α-hetero) is 1. The van der Waals surface area contributed by atoms with Gasteiger partial charge in [-0.3, -0.25) is 4.79 Å². The molecule has 3 rings (SSSR count). The molecular weight excluding hydrogens is 291 g/mol. The van der Waals surface area contributed by atoms with Crippen molar-refractivity contribution in [1.29, 1.82) is 0 Å². The number of aryl methyl sites for hydroxylation is 1. The van der Waals surface area contributed by atoms with Crippen molar-refractivity contribution in [3.05, 3.63) is 69.2 Å². The summed E-state index contributed by atoms with van der Waals surface area (Å²) in [6, 6.07) is 13.6. The van der Waals surface area contributed by atoms with Crippen LogP contribution in [0.3, 0.4) is 0 Å². The molecule has 0 aliphatic heterocycles. The summed E-state index contributed by atoms with van der Waals surface area (Å²) in [6.45, 7) is 0. The van der Waals surface area contributed by atoms with Crippen LogP contribution in [0.25, 0.3) is 0 Å². The van der Waals surface area contributed by atoms with Gasteiger partial charge < -0.3 is 0 Å². The molecule has 1 aliphatic carbocycles. The summed E-state index contributed by atoms with van der Waals surface area (Å²) in [5, 5.41) is 0.812. The largest absolute Gasteiger partial charge is 0.294 e. The van der Waals surface area contributed by atoms with E-state index >= 15 is 0 Å². The van der Waals surface area contributed by atoms with E-state index < -0.39 is 0 Å². The maximum Gasteiger partial charge on any atom is 0.167 e. The van der Waals surface area contributed by atoms with E-state index in [1.807, 2.05) is 6.07 Å². The Labute approximate surface area is 128 Å². The standard InChI is InChI=1S/C17H14Cl2O/c18-15-7-3-6-14(16(15)19)17(20)13-9-8-11-4-1-2-5-12(11)10-13/h1-7,13H,8-10H2. The number of rotatable bonds is 2. The summed E-state index contributed by atoms with van der Waals surface area (Å²) in [4.78, 5) is 12.6. The Bertz CT molecular complexity index is 664. The molecule has 2 aromatic carbocycles. The second-order valence-electron chi connectivity index (χ2n) is 5.17. The zero-order chi connectivity index (χ0) is 14.1. The highest BCUT2D eigenvalue weighted by Crippen LogP contribution is 2.32. The molecule has 0 fully saturated rings. The van der Waals surface area contributed by atoms with Gasteiger partial charge >= 0.3 is 0 Å². The Morgan fingerprint density at radius 1 is 1.00 bits per heavy atom. The Morgan fingerprint density at radius 2 is 1.75 bits per heavy atom. The quantitative estimate of drug-likeness (QED) is 0.715. The number of benzene rings is 2. The van der Waals surface area contributed by atoms with Crippen molar-refractivity contribution in [2.45, 2.75) is 19.3 Å². The Hall–Kier alpha value is -1.31. The van der Waals surface area contributed by atoms with Crippen molar-refractivity contribution in [2.75, 3.05) is 0 Å². The zero-order valence-electron chi connectivity index (χ0n) is 10.9. The molecule has 3 heteroatoms. The van der Waals surface area contributed by atoms with E-state index in [-0.39, 0.29) is 11.7 Å². The van der Waals surface area contributed by atoms with E-state index in [4.69, 9.17) is 23.2 Å². The molecule has 0 bridgehead atoms. The molecule has 20 heavy (non-hydrogen) atoms. The molecule has 0 heterocycles. The first-order valence-electron chi connectivity index (χ1n) is 6.72. The molecule has 1 aliphatic rings. The van der Waals surface area contributed by atoms with Gasteiger partial charge in [0, 0.05) is 11.5 Å². The molecule has 1 atom stereocenters. The van der Waals surface area contributed by atoms with Crippen molar-refractivity contribution in [3.63, 3.8) is 0 Å². The lowest BCUT2D eigenvalue weighted by Gasteiger charge is -2.24. The zero-order valence-corrected chi connectivity index (χ0v) is 12.4. The summed E-state index contributed by atoms with van der Waals surface area (Å²) in [5.74, 6) is 0.105. The molecule has 1 nitrogen and oxygen atoms in total. The molecule has 102 valence electrons. The summed E-state index contributed by atoms with van der Waals surface area (Å²) >= 11 is 12.1. The molecule has 1 unspecified atom stereocenters. The highest BCUT2D eigenvalue weighted by molar-refractivity contribution is 6.44. The second-order valence-corrected chi connectivity index (χ2v) is 5.96. The van der Waals surface area contributed by atoms with Crippen LogP contribution in [-0.4, -0.2) is 5.78 Å². The van der Waals surface area contributed by atoms with Gasteiger partial charge in [0.1, 0.15) is 0 Å². The monoisotopic (exact) mass is 304 g/mol. The Kier molecular flexibility index (Phi) is 3.82. The van der Waals surface area contributed by atoms with E-state index in [9.17, 15) is 4.79 Å². The predicted octanol–water partition coefficient (Wildman–Crippen LogP) is 4.98. The van der Waals surface area contributed by atoms with E-state index in [2.05, 4.69) is 18.2 Å². The fourth-order valence-electron chi connectivity index (χ4n) is 2.84. The molecule has 0 N–H and O–H groups in total. The lowest BCUT2D eigenvalue weighted by Crippen LogP contribution is -2.23. The maximum absolute atomic E-state index is 12.6. The third-order valence-electron chi connectivity index (χ3n) is 3.93. The average Bonchev–Trinajstić information content (AvgIpc) is 2.49. The van der Waals surface area contributed by atoms with Crippen LogP contribution in [0.5, 0.6) is 0 Å². The van der Waals surface area contributed by atoms with Crippen molar-refractivity contribution >= 4 is 29.0 Å². The first-order valence-corrected chi connectivity index (χ1v) is 7.47. The van der Waals surface area contributed by atoms with Gasteiger partial charge in [-0.05, 0) is 42.5 Å². The lowest BCUT2D eigenvalue weighted by molar-refractivity contribution is 0.0909. The van der Waals surface area contributed by atoms with Gasteiger partial charge in [0.25, 0.3) is 0 Å². The van der Waals surface area contributed by atoms with E-state index in [1.165, 1.54) is 11.1 Å². The SMILES string of the molecule is O=C(c1cccc(Cl)c1Cl)C1CCc2ccccc2C1. The summed E-state index contributed by atoms with van der Waals surface area (Å²) < 4.78 is 0. The molecule has 0 radical (unpaired) electrons. The Morgan fingerprint density at radius 3 is 2.55 bits per heavy atom. The number of fused-ring (bicyclic) bond motifs is 1. The third-order valence-corrected chi connectivity index (χ3v) is 4.75. The Balaban J connectivity index is 1.88. The van der Waals surface area contributed by atoms with Gasteiger partial charge in [0.05, 0.1) is 10.0 Å². The fraction of sp³-hybridized carbons (Fsp3) is 0.235. The van der Waals surface area contributed by atoms with Crippen molar-refractivity contribution in [3.8, 4) is 0 Å². The highest BCUT2D eigenvalue weighted by atomic mass is 35.5. The van der Waals surface area contributed by atoms with Crippen LogP contribution >= 0.6 is 23.2 Å². The van der Waals surface area contributed by atoms with Crippen LogP contribution in [-0.2, 0) is 12.8 Å². The number of carbonyl (C=O) groups excluding carboxylic acids is 1. The number of carbonyl (C=O) groups is 1. The molecule has 2 aromatic rings. The number of hydrogen-bond acceptors (Lipinski definition) is 1. The normalized spacial score (nSPS) is 17.6. The van der Waals surface area contributed by atoms with Gasteiger partial charge in [-0.1, -0.05) is 53.5 Å². The van der Waals surface area contributed by atoms with Gasteiger partial charge in [-0.2, -0.15) is 0 Å². The minimum Gasteiger partial charge on any atom is -0.294 e. The van der Waals surface area contributed by atoms with Crippen LogP contribution in [0.1, 0.15) is 27.9 Å². The number of ketones is 1. The van der Waals surface area contributed by atoms with Crippen molar-refractivity contribution < 1.29 is 4.79 Å². The van der Waals surface area contributed by atoms with E-state index in [0.29, 0.717) is 15.6 Å². The highest BCUT2D eigenvalue weighted by Gasteiger charge is 2.26. The lowest BCUT2D eigenvalue weighted by atomic mass is 9.80. The van der Waals surface area contributed by atoms with Crippen molar-refractivity contribution in [2.24, 2.45) is 5.92 Å². The summed E-state index contributed by atoms with van der Waals surface area (Å²) in [7, 11) is 0. The van der Waals surface area contributed by atoms with Gasteiger partial charge in [0.2, 0.25) is 0 Å². The predicted molar refractivity (Wildman–Crippen MR) is 82.7 cm³/mol. The molecule has 0 amide bonds. The van der Waals surface area contributed by atoms with Crippen LogP contribution in [0.15, 0.2) is 42.5 Å². The number of halogens is 2. The van der Waals surface area contributed by atoms with Gasteiger partial charge in [0.15, 0.2) is 5.78 Å². The first-order chi connectivity index (χ1) is 9.66. The average molecular weight is 305 g/mol. The van der Waals surface area contributed by atoms with Crippen LogP contribution in [0.4, 0.5) is 0 Å². The topological polar surface area (TPSA) is 17.1 Å². The minimum atomic E-state index is 0.000802. The summed E-state index contributed by atoms with van der Waals surface area (Å²) in [5.41, 5.74) is 3.17. The van der Waals surface area contributed by atoms with E-state index in [0.717, 1.165) is 19.3 Å². The number of hydrogen-bond donors (Lipinski definition) is 0. The summed E-state index contributed by atoms with van der Waals surface area (Å²) in [6.07, 6.45) is 2.61. The van der Waals surface area contributed by atoms with Crippen molar-refractivity contribution in [1.82, 2.24) is 0 Å². The molecular formula is C17H14Cl2O. The van der Waals surface area contributed by atoms with Crippen LogP contribution in [0.2, 0.25) is 10.0 Å². The molecule has 0 spiro atoms. The van der Waals surface area contributed by atoms with Gasteiger partial charge in [-0.15, -0.1) is 0 Å². The van der Waals surface area contributed by atoms with Crippen LogP contribution < -0.4 is 0 Å². The fourth-order valence-corrected chi connectivity index (χ4v) is 3.23.